The van der Waals surface area contributed by atoms with Gasteiger partial charge in [-0.1, -0.05) is 19.3 Å². The number of ether oxygens (including phenoxy) is 1. The number of carbonyl (C=O) groups excluding carboxylic acids is 1. The smallest absolute Gasteiger partial charge is 0.252 e. The Morgan fingerprint density at radius 2 is 2.15 bits per heavy atom. The van der Waals surface area contributed by atoms with E-state index in [1.54, 1.807) is 19.2 Å². The van der Waals surface area contributed by atoms with Crippen LogP contribution in [-0.2, 0) is 0 Å². The van der Waals surface area contributed by atoms with Crippen LogP contribution in [0.15, 0.2) is 18.3 Å². The van der Waals surface area contributed by atoms with Gasteiger partial charge in [-0.25, -0.2) is 4.98 Å². The van der Waals surface area contributed by atoms with Gasteiger partial charge in [-0.05, 0) is 31.4 Å². The summed E-state index contributed by atoms with van der Waals surface area (Å²) < 4.78 is 5.41. The molecule has 1 aliphatic heterocycles. The minimum Gasteiger partial charge on any atom is -0.496 e. The molecule has 0 unspecified atom stereocenters. The van der Waals surface area contributed by atoms with Crippen molar-refractivity contribution in [3.05, 3.63) is 29.5 Å². The SMILES string of the molecule is CC#Cc1cnc(N2C[C@@H](N)C[C@H](CC)C2)c2cc(OC)c(C(N)=O)cc12. The van der Waals surface area contributed by atoms with E-state index in [0.717, 1.165) is 48.1 Å². The molecule has 4 N–H and O–H groups in total. The number of primary amides is 1. The monoisotopic (exact) mass is 366 g/mol. The molecule has 2 heterocycles. The van der Waals surface area contributed by atoms with Gasteiger partial charge in [0, 0.05) is 36.1 Å². The molecule has 0 saturated carbocycles. The molecular weight excluding hydrogens is 340 g/mol. The summed E-state index contributed by atoms with van der Waals surface area (Å²) in [4.78, 5) is 18.8. The molecule has 6 nitrogen and oxygen atoms in total. The second-order valence-electron chi connectivity index (χ2n) is 7.01. The van der Waals surface area contributed by atoms with Crippen molar-refractivity contribution in [2.75, 3.05) is 25.1 Å². The van der Waals surface area contributed by atoms with Gasteiger partial charge in [0.15, 0.2) is 0 Å². The minimum absolute atomic E-state index is 0.113. The zero-order chi connectivity index (χ0) is 19.6. The van der Waals surface area contributed by atoms with Gasteiger partial charge in [-0.3, -0.25) is 4.79 Å². The number of carbonyl (C=O) groups is 1. The van der Waals surface area contributed by atoms with Crippen LogP contribution in [0.5, 0.6) is 5.75 Å². The molecule has 1 saturated heterocycles. The number of piperidine rings is 1. The molecule has 27 heavy (non-hydrogen) atoms. The maximum Gasteiger partial charge on any atom is 0.252 e. The molecule has 2 aromatic rings. The van der Waals surface area contributed by atoms with E-state index in [9.17, 15) is 4.79 Å². The van der Waals surface area contributed by atoms with Gasteiger partial charge in [-0.2, -0.15) is 0 Å². The number of hydrogen-bond donors (Lipinski definition) is 2. The Hall–Kier alpha value is -2.78. The number of methoxy groups -OCH3 is 1. The van der Waals surface area contributed by atoms with Gasteiger partial charge in [0.2, 0.25) is 0 Å². The average Bonchev–Trinajstić information content (AvgIpc) is 2.66. The molecule has 142 valence electrons. The summed E-state index contributed by atoms with van der Waals surface area (Å²) in [6.45, 7) is 5.62. The fourth-order valence-electron chi connectivity index (χ4n) is 3.82. The predicted octanol–water partition coefficient (Wildman–Crippen LogP) is 2.28. The maximum absolute atomic E-state index is 11.9. The van der Waals surface area contributed by atoms with Crippen molar-refractivity contribution < 1.29 is 9.53 Å². The highest BCUT2D eigenvalue weighted by Crippen LogP contribution is 2.35. The summed E-state index contributed by atoms with van der Waals surface area (Å²) in [5.74, 6) is 7.25. The Morgan fingerprint density at radius 1 is 1.37 bits per heavy atom. The molecule has 0 aliphatic carbocycles. The van der Waals surface area contributed by atoms with Crippen molar-refractivity contribution >= 4 is 22.5 Å². The zero-order valence-corrected chi connectivity index (χ0v) is 16.1. The zero-order valence-electron chi connectivity index (χ0n) is 16.1. The summed E-state index contributed by atoms with van der Waals surface area (Å²) in [5, 5.41) is 1.73. The molecule has 0 spiro atoms. The number of nitrogens with two attached hydrogens (primary N) is 2. The Kier molecular flexibility index (Phi) is 5.52. The molecular formula is C21H26N4O2. The van der Waals surface area contributed by atoms with Crippen molar-refractivity contribution in [2.45, 2.75) is 32.7 Å². The second kappa shape index (κ2) is 7.85. The first-order chi connectivity index (χ1) is 13.0. The van der Waals surface area contributed by atoms with E-state index in [4.69, 9.17) is 21.2 Å². The van der Waals surface area contributed by atoms with E-state index in [-0.39, 0.29) is 6.04 Å². The van der Waals surface area contributed by atoms with Gasteiger partial charge >= 0.3 is 0 Å². The van der Waals surface area contributed by atoms with Gasteiger partial charge in [-0.15, -0.1) is 5.92 Å². The van der Waals surface area contributed by atoms with Gasteiger partial charge in [0.25, 0.3) is 5.91 Å². The number of aromatic nitrogens is 1. The first-order valence-electron chi connectivity index (χ1n) is 9.22. The van der Waals surface area contributed by atoms with E-state index in [2.05, 4.69) is 23.7 Å². The quantitative estimate of drug-likeness (QED) is 0.810. The molecule has 1 amide bonds. The number of hydrogen-bond acceptors (Lipinski definition) is 5. The molecule has 0 bridgehead atoms. The lowest BCUT2D eigenvalue weighted by atomic mass is 9.92. The Morgan fingerprint density at radius 3 is 2.78 bits per heavy atom. The highest BCUT2D eigenvalue weighted by atomic mass is 16.5. The van der Waals surface area contributed by atoms with E-state index in [1.807, 2.05) is 6.07 Å². The number of anilines is 1. The Labute approximate surface area is 159 Å². The van der Waals surface area contributed by atoms with Crippen molar-refractivity contribution in [1.82, 2.24) is 4.98 Å². The molecule has 1 aliphatic rings. The maximum atomic E-state index is 11.9. The fourth-order valence-corrected chi connectivity index (χ4v) is 3.82. The third kappa shape index (κ3) is 3.69. The van der Waals surface area contributed by atoms with Crippen LogP contribution in [0.2, 0.25) is 0 Å². The third-order valence-corrected chi connectivity index (χ3v) is 5.16. The van der Waals surface area contributed by atoms with E-state index >= 15 is 0 Å². The second-order valence-corrected chi connectivity index (χ2v) is 7.01. The van der Waals surface area contributed by atoms with E-state index in [0.29, 0.717) is 17.2 Å². The van der Waals surface area contributed by atoms with Gasteiger partial charge in [0.05, 0.1) is 18.2 Å². The summed E-state index contributed by atoms with van der Waals surface area (Å²) in [6.07, 6.45) is 3.86. The summed E-state index contributed by atoms with van der Waals surface area (Å²) in [6, 6.07) is 3.70. The van der Waals surface area contributed by atoms with Crippen LogP contribution in [-0.4, -0.2) is 37.1 Å². The highest BCUT2D eigenvalue weighted by molar-refractivity contribution is 6.05. The van der Waals surface area contributed by atoms with Crippen LogP contribution in [0, 0.1) is 17.8 Å². The normalized spacial score (nSPS) is 19.5. The van der Waals surface area contributed by atoms with Crippen LogP contribution in [0.3, 0.4) is 0 Å². The van der Waals surface area contributed by atoms with E-state index < -0.39 is 5.91 Å². The van der Waals surface area contributed by atoms with Gasteiger partial charge < -0.3 is 21.1 Å². The Bertz CT molecular complexity index is 929. The number of fused-ring (bicyclic) bond motifs is 1. The largest absolute Gasteiger partial charge is 0.496 e. The summed E-state index contributed by atoms with van der Waals surface area (Å²) >= 11 is 0. The van der Waals surface area contributed by atoms with Crippen molar-refractivity contribution in [1.29, 1.82) is 0 Å². The molecule has 1 aromatic carbocycles. The number of rotatable bonds is 4. The van der Waals surface area contributed by atoms with E-state index in [1.165, 1.54) is 7.11 Å². The van der Waals surface area contributed by atoms with Crippen LogP contribution in [0.1, 0.15) is 42.6 Å². The number of amides is 1. The molecule has 6 heteroatoms. The topological polar surface area (TPSA) is 94.5 Å². The number of benzene rings is 1. The van der Waals surface area contributed by atoms with Crippen molar-refractivity contribution in [2.24, 2.45) is 17.4 Å². The predicted molar refractivity (Wildman–Crippen MR) is 108 cm³/mol. The molecule has 3 rings (SSSR count). The third-order valence-electron chi connectivity index (χ3n) is 5.16. The molecule has 2 atom stereocenters. The summed E-state index contributed by atoms with van der Waals surface area (Å²) in [5.41, 5.74) is 12.9. The van der Waals surface area contributed by atoms with Crippen molar-refractivity contribution in [3.63, 3.8) is 0 Å². The molecule has 1 aromatic heterocycles. The lowest BCUT2D eigenvalue weighted by Gasteiger charge is -2.37. The Balaban J connectivity index is 2.22. The molecule has 1 fully saturated rings. The lowest BCUT2D eigenvalue weighted by Crippen LogP contribution is -2.47. The lowest BCUT2D eigenvalue weighted by molar-refractivity contribution is 0.0997. The summed E-state index contributed by atoms with van der Waals surface area (Å²) in [7, 11) is 1.53. The van der Waals surface area contributed by atoms with Crippen LogP contribution < -0.4 is 21.1 Å². The standard InChI is InChI=1S/C21H26N4O2/c1-4-6-14-10-24-21(25-11-13(5-2)7-15(22)12-25)17-9-19(27-3)18(20(23)26)8-16(14)17/h8-10,13,15H,5,7,11-12,22H2,1-3H3,(H2,23,26)/t13-,15-/m0/s1. The highest BCUT2D eigenvalue weighted by Gasteiger charge is 2.27. The van der Waals surface area contributed by atoms with Crippen LogP contribution in [0.25, 0.3) is 10.8 Å². The average molecular weight is 366 g/mol. The number of nitrogens with zero attached hydrogens (tertiary/aromatic N) is 2. The minimum atomic E-state index is -0.534. The molecule has 0 radical (unpaired) electrons. The first kappa shape index (κ1) is 19.0. The number of pyridine rings is 1. The first-order valence-corrected chi connectivity index (χ1v) is 9.22. The van der Waals surface area contributed by atoms with Crippen LogP contribution in [0.4, 0.5) is 5.82 Å². The van der Waals surface area contributed by atoms with Crippen LogP contribution >= 0.6 is 0 Å². The van der Waals surface area contributed by atoms with Gasteiger partial charge in [0.1, 0.15) is 11.6 Å². The fraction of sp³-hybridized carbons (Fsp3) is 0.429. The van der Waals surface area contributed by atoms with Crippen molar-refractivity contribution in [3.8, 4) is 17.6 Å².